The highest BCUT2D eigenvalue weighted by Crippen LogP contribution is 2.31. The zero-order valence-corrected chi connectivity index (χ0v) is 18.9. The number of rotatable bonds is 8. The van der Waals surface area contributed by atoms with E-state index in [-0.39, 0.29) is 5.91 Å². The SMILES string of the molecule is Cc1ccc(-c2noc(CCCC(=O)Nc3ccc4c(c3)c3ccccc3n4CCF)n2)cc1. The van der Waals surface area contributed by atoms with Gasteiger partial charge in [0.1, 0.15) is 6.67 Å². The summed E-state index contributed by atoms with van der Waals surface area (Å²) in [6.07, 6.45) is 1.46. The van der Waals surface area contributed by atoms with Crippen LogP contribution in [0.3, 0.4) is 0 Å². The fourth-order valence-corrected chi connectivity index (χ4v) is 4.26. The Hall–Kier alpha value is -4.00. The van der Waals surface area contributed by atoms with E-state index in [4.69, 9.17) is 4.52 Å². The summed E-state index contributed by atoms with van der Waals surface area (Å²) in [6.45, 7) is 1.90. The van der Waals surface area contributed by atoms with Gasteiger partial charge in [-0.05, 0) is 37.6 Å². The van der Waals surface area contributed by atoms with E-state index in [1.165, 1.54) is 5.56 Å². The van der Waals surface area contributed by atoms with E-state index in [9.17, 15) is 9.18 Å². The Balaban J connectivity index is 1.22. The highest BCUT2D eigenvalue weighted by Gasteiger charge is 2.13. The number of nitrogens with zero attached hydrogens (tertiary/aromatic N) is 3. The minimum atomic E-state index is -0.432. The molecule has 7 heteroatoms. The summed E-state index contributed by atoms with van der Waals surface area (Å²) in [4.78, 5) is 17.0. The Morgan fingerprint density at radius 3 is 2.65 bits per heavy atom. The number of amides is 1. The van der Waals surface area contributed by atoms with E-state index in [2.05, 4.69) is 15.5 Å². The second kappa shape index (κ2) is 9.47. The number of para-hydroxylation sites is 1. The van der Waals surface area contributed by atoms with Crippen LogP contribution < -0.4 is 5.32 Å². The quantitative estimate of drug-likeness (QED) is 0.307. The lowest BCUT2D eigenvalue weighted by molar-refractivity contribution is -0.116. The zero-order valence-electron chi connectivity index (χ0n) is 18.9. The molecule has 0 bridgehead atoms. The number of hydrogen-bond donors (Lipinski definition) is 1. The third kappa shape index (κ3) is 4.41. The van der Waals surface area contributed by atoms with Crippen LogP contribution in [0.4, 0.5) is 10.1 Å². The summed E-state index contributed by atoms with van der Waals surface area (Å²) >= 11 is 0. The molecule has 5 rings (SSSR count). The second-order valence-corrected chi connectivity index (χ2v) is 8.37. The lowest BCUT2D eigenvalue weighted by atomic mass is 10.1. The standard InChI is InChI=1S/C27H25FN4O2/c1-18-9-11-19(12-10-18)27-30-26(34-31-27)8-4-7-25(33)29-20-13-14-24-22(17-20)21-5-2-3-6-23(21)32(24)16-15-28/h2-3,5-6,9-14,17H,4,7-8,15-16H2,1H3,(H,29,33). The molecule has 1 amide bonds. The number of anilines is 1. The largest absolute Gasteiger partial charge is 0.339 e. The van der Waals surface area contributed by atoms with Crippen LogP contribution in [0.25, 0.3) is 33.2 Å². The number of benzene rings is 3. The number of nitrogens with one attached hydrogen (secondary N) is 1. The van der Waals surface area contributed by atoms with Gasteiger partial charge in [-0.1, -0.05) is 53.2 Å². The number of carbonyl (C=O) groups excluding carboxylic acids is 1. The summed E-state index contributed by atoms with van der Waals surface area (Å²) in [7, 11) is 0. The van der Waals surface area contributed by atoms with Gasteiger partial charge in [0, 0.05) is 45.9 Å². The number of carbonyl (C=O) groups is 1. The Morgan fingerprint density at radius 1 is 1.03 bits per heavy atom. The van der Waals surface area contributed by atoms with Crippen LogP contribution in [0, 0.1) is 6.92 Å². The molecule has 0 aliphatic carbocycles. The van der Waals surface area contributed by atoms with Crippen LogP contribution in [-0.4, -0.2) is 27.3 Å². The first-order valence-electron chi connectivity index (χ1n) is 11.4. The van der Waals surface area contributed by atoms with Gasteiger partial charge in [0.2, 0.25) is 17.6 Å². The first-order valence-corrected chi connectivity index (χ1v) is 11.4. The maximum atomic E-state index is 13.1. The van der Waals surface area contributed by atoms with Gasteiger partial charge < -0.3 is 14.4 Å². The van der Waals surface area contributed by atoms with Crippen molar-refractivity contribution in [1.29, 1.82) is 0 Å². The van der Waals surface area contributed by atoms with E-state index in [0.717, 1.165) is 33.1 Å². The maximum Gasteiger partial charge on any atom is 0.226 e. The summed E-state index contributed by atoms with van der Waals surface area (Å²) < 4.78 is 20.4. The van der Waals surface area contributed by atoms with E-state index < -0.39 is 6.67 Å². The lowest BCUT2D eigenvalue weighted by Gasteiger charge is -2.07. The summed E-state index contributed by atoms with van der Waals surface area (Å²) in [6, 6.07) is 21.6. The molecule has 3 aromatic carbocycles. The van der Waals surface area contributed by atoms with E-state index in [0.29, 0.717) is 37.5 Å². The highest BCUT2D eigenvalue weighted by molar-refractivity contribution is 6.09. The molecule has 0 atom stereocenters. The minimum Gasteiger partial charge on any atom is -0.339 e. The molecular weight excluding hydrogens is 431 g/mol. The number of halogens is 1. The molecule has 172 valence electrons. The minimum absolute atomic E-state index is 0.0786. The number of fused-ring (bicyclic) bond motifs is 3. The third-order valence-electron chi connectivity index (χ3n) is 5.94. The van der Waals surface area contributed by atoms with Crippen LogP contribution in [0.5, 0.6) is 0 Å². The van der Waals surface area contributed by atoms with Gasteiger partial charge in [-0.2, -0.15) is 4.98 Å². The van der Waals surface area contributed by atoms with Crippen molar-refractivity contribution in [2.75, 3.05) is 12.0 Å². The Bertz CT molecular complexity index is 1450. The molecule has 1 N–H and O–H groups in total. The average molecular weight is 457 g/mol. The molecule has 0 aliphatic rings. The van der Waals surface area contributed by atoms with Gasteiger partial charge in [-0.15, -0.1) is 0 Å². The molecule has 0 spiro atoms. The molecule has 2 heterocycles. The number of aryl methyl sites for hydroxylation is 3. The molecule has 34 heavy (non-hydrogen) atoms. The average Bonchev–Trinajstić information content (AvgIpc) is 3.43. The molecule has 0 radical (unpaired) electrons. The molecule has 0 unspecified atom stereocenters. The Labute approximate surface area is 196 Å². The van der Waals surface area contributed by atoms with Gasteiger partial charge >= 0.3 is 0 Å². The molecule has 0 fully saturated rings. The van der Waals surface area contributed by atoms with Crippen LogP contribution in [0.1, 0.15) is 24.3 Å². The van der Waals surface area contributed by atoms with Crippen molar-refractivity contribution in [2.45, 2.75) is 32.7 Å². The van der Waals surface area contributed by atoms with Crippen LogP contribution >= 0.6 is 0 Å². The van der Waals surface area contributed by atoms with Gasteiger partial charge in [0.15, 0.2) is 0 Å². The van der Waals surface area contributed by atoms with Crippen LogP contribution in [-0.2, 0) is 17.8 Å². The molecule has 0 aliphatic heterocycles. The second-order valence-electron chi connectivity index (χ2n) is 8.37. The van der Waals surface area contributed by atoms with Crippen molar-refractivity contribution < 1.29 is 13.7 Å². The number of alkyl halides is 1. The molecule has 0 saturated heterocycles. The third-order valence-corrected chi connectivity index (χ3v) is 5.94. The molecule has 0 saturated carbocycles. The van der Waals surface area contributed by atoms with Crippen molar-refractivity contribution in [3.63, 3.8) is 0 Å². The molecule has 2 aromatic heterocycles. The van der Waals surface area contributed by atoms with Gasteiger partial charge in [-0.3, -0.25) is 4.79 Å². The van der Waals surface area contributed by atoms with Crippen LogP contribution in [0.2, 0.25) is 0 Å². The number of aromatic nitrogens is 3. The van der Waals surface area contributed by atoms with Crippen molar-refractivity contribution in [3.05, 3.63) is 78.2 Å². The first kappa shape index (κ1) is 21.8. The Morgan fingerprint density at radius 2 is 1.82 bits per heavy atom. The fraction of sp³-hybridized carbons (Fsp3) is 0.222. The van der Waals surface area contributed by atoms with Gasteiger partial charge in [0.05, 0.1) is 6.54 Å². The summed E-state index contributed by atoms with van der Waals surface area (Å²) in [5.74, 6) is 0.996. The van der Waals surface area contributed by atoms with Gasteiger partial charge in [0.25, 0.3) is 0 Å². The fourth-order valence-electron chi connectivity index (χ4n) is 4.26. The highest BCUT2D eigenvalue weighted by atomic mass is 19.1. The summed E-state index contributed by atoms with van der Waals surface area (Å²) in [5, 5.41) is 9.05. The molecular formula is C27H25FN4O2. The first-order chi connectivity index (χ1) is 16.6. The van der Waals surface area contributed by atoms with Crippen molar-refractivity contribution in [2.24, 2.45) is 0 Å². The topological polar surface area (TPSA) is 73.0 Å². The zero-order chi connectivity index (χ0) is 23.5. The summed E-state index contributed by atoms with van der Waals surface area (Å²) in [5.41, 5.74) is 4.74. The monoisotopic (exact) mass is 456 g/mol. The van der Waals surface area contributed by atoms with Crippen molar-refractivity contribution >= 4 is 33.4 Å². The van der Waals surface area contributed by atoms with Gasteiger partial charge in [-0.25, -0.2) is 4.39 Å². The maximum absolute atomic E-state index is 13.1. The van der Waals surface area contributed by atoms with Crippen LogP contribution in [0.15, 0.2) is 71.3 Å². The predicted molar refractivity (Wildman–Crippen MR) is 131 cm³/mol. The smallest absolute Gasteiger partial charge is 0.226 e. The van der Waals surface area contributed by atoms with Crippen molar-refractivity contribution in [3.8, 4) is 11.4 Å². The van der Waals surface area contributed by atoms with E-state index in [1.54, 1.807) is 0 Å². The normalized spacial score (nSPS) is 11.4. The number of hydrogen-bond acceptors (Lipinski definition) is 4. The molecule has 6 nitrogen and oxygen atoms in total. The van der Waals surface area contributed by atoms with Crippen molar-refractivity contribution in [1.82, 2.24) is 14.7 Å². The van der Waals surface area contributed by atoms with E-state index >= 15 is 0 Å². The van der Waals surface area contributed by atoms with E-state index in [1.807, 2.05) is 78.2 Å². The predicted octanol–water partition coefficient (Wildman–Crippen LogP) is 6.08. The lowest BCUT2D eigenvalue weighted by Crippen LogP contribution is -2.11. The molecule has 5 aromatic rings. The Kier molecular flexibility index (Phi) is 6.08.